The van der Waals surface area contributed by atoms with Crippen LogP contribution in [0.3, 0.4) is 0 Å². The van der Waals surface area contributed by atoms with Gasteiger partial charge < -0.3 is 0 Å². The Hall–Kier alpha value is -3.77. The Bertz CT molecular complexity index is 1670. The Balaban J connectivity index is 1.64. The SMILES string of the molecule is C[C@H]1CCc2c(c(-c3ccccc3)nc3c2c(=O)n(-c2ccccc2)n3CC(=O)c2ccc(Br)cc2)C1. The quantitative estimate of drug-likeness (QED) is 0.230. The van der Waals surface area contributed by atoms with Gasteiger partial charge in [-0.3, -0.25) is 14.3 Å². The van der Waals surface area contributed by atoms with E-state index in [1.807, 2.05) is 60.7 Å². The first kappa shape index (κ1) is 23.6. The van der Waals surface area contributed by atoms with E-state index in [1.54, 1.807) is 21.5 Å². The van der Waals surface area contributed by atoms with Crippen LogP contribution in [-0.2, 0) is 19.4 Å². The van der Waals surface area contributed by atoms with E-state index >= 15 is 0 Å². The van der Waals surface area contributed by atoms with Crippen molar-refractivity contribution in [2.75, 3.05) is 0 Å². The Morgan fingerprint density at radius 1 is 0.946 bits per heavy atom. The third kappa shape index (κ3) is 4.25. The number of carbonyl (C=O) groups is 1. The first-order chi connectivity index (χ1) is 18.0. The number of ketones is 1. The van der Waals surface area contributed by atoms with Gasteiger partial charge in [0.25, 0.3) is 5.56 Å². The molecule has 37 heavy (non-hydrogen) atoms. The molecule has 0 aliphatic heterocycles. The second kappa shape index (κ2) is 9.60. The average Bonchev–Trinajstić information content (AvgIpc) is 3.20. The Morgan fingerprint density at radius 2 is 1.62 bits per heavy atom. The van der Waals surface area contributed by atoms with Crippen LogP contribution in [0.15, 0.2) is 94.2 Å². The predicted molar refractivity (Wildman–Crippen MR) is 150 cm³/mol. The van der Waals surface area contributed by atoms with E-state index in [0.29, 0.717) is 28.2 Å². The highest BCUT2D eigenvalue weighted by atomic mass is 79.9. The summed E-state index contributed by atoms with van der Waals surface area (Å²) in [5, 5.41) is 0.633. The molecule has 0 saturated carbocycles. The van der Waals surface area contributed by atoms with Gasteiger partial charge in [0.2, 0.25) is 0 Å². The number of pyridine rings is 1. The first-order valence-corrected chi connectivity index (χ1v) is 13.4. The lowest BCUT2D eigenvalue weighted by Gasteiger charge is -2.24. The number of hydrogen-bond acceptors (Lipinski definition) is 3. The number of aryl methyl sites for hydroxylation is 1. The average molecular weight is 552 g/mol. The van der Waals surface area contributed by atoms with Crippen molar-refractivity contribution < 1.29 is 4.79 Å². The first-order valence-electron chi connectivity index (χ1n) is 12.6. The van der Waals surface area contributed by atoms with Crippen LogP contribution < -0.4 is 5.56 Å². The van der Waals surface area contributed by atoms with Gasteiger partial charge in [0.1, 0.15) is 6.54 Å². The summed E-state index contributed by atoms with van der Waals surface area (Å²) in [6, 6.07) is 27.0. The fourth-order valence-electron chi connectivity index (χ4n) is 5.39. The lowest BCUT2D eigenvalue weighted by atomic mass is 9.82. The van der Waals surface area contributed by atoms with Crippen LogP contribution in [0, 0.1) is 5.92 Å². The van der Waals surface area contributed by atoms with E-state index in [4.69, 9.17) is 4.98 Å². The zero-order valence-electron chi connectivity index (χ0n) is 20.5. The molecule has 5 nitrogen and oxygen atoms in total. The van der Waals surface area contributed by atoms with Gasteiger partial charge >= 0.3 is 0 Å². The van der Waals surface area contributed by atoms with Crippen LogP contribution in [0.1, 0.15) is 34.8 Å². The molecule has 0 saturated heterocycles. The molecule has 1 aliphatic carbocycles. The molecule has 0 N–H and O–H groups in total. The Labute approximate surface area is 223 Å². The number of halogens is 1. The minimum Gasteiger partial charge on any atom is -0.292 e. The van der Waals surface area contributed by atoms with Gasteiger partial charge in [-0.1, -0.05) is 83.5 Å². The summed E-state index contributed by atoms with van der Waals surface area (Å²) < 4.78 is 4.30. The van der Waals surface area contributed by atoms with E-state index in [-0.39, 0.29) is 17.9 Å². The van der Waals surface area contributed by atoms with E-state index in [9.17, 15) is 9.59 Å². The van der Waals surface area contributed by atoms with Crippen molar-refractivity contribution in [3.63, 3.8) is 0 Å². The Morgan fingerprint density at radius 3 is 2.32 bits per heavy atom. The van der Waals surface area contributed by atoms with Crippen molar-refractivity contribution in [2.24, 2.45) is 5.92 Å². The topological polar surface area (TPSA) is 56.9 Å². The maximum Gasteiger partial charge on any atom is 0.281 e. The molecular weight excluding hydrogens is 526 g/mol. The number of Topliss-reactive ketones (excluding diaryl/α,β-unsaturated/α-hetero) is 1. The van der Waals surface area contributed by atoms with Crippen molar-refractivity contribution in [3.05, 3.63) is 116 Å². The molecular formula is C31H26BrN3O2. The number of benzene rings is 3. The summed E-state index contributed by atoms with van der Waals surface area (Å²) >= 11 is 3.44. The second-order valence-electron chi connectivity index (χ2n) is 9.77. The normalized spacial score (nSPS) is 15.0. The standard InChI is InChI=1S/C31H26BrN3O2/c1-20-12-17-25-26(18-20)29(22-8-4-2-5-9-22)33-30-28(25)31(37)35(24-10-6-3-7-11-24)34(30)19-27(36)21-13-15-23(32)16-14-21/h2-11,13-16,20H,12,17-19H2,1H3/t20-/m0/s1. The Kier molecular flexibility index (Phi) is 6.13. The second-order valence-corrected chi connectivity index (χ2v) is 10.7. The van der Waals surface area contributed by atoms with Gasteiger partial charge in [-0.2, -0.15) is 0 Å². The number of aromatic nitrogens is 3. The fraction of sp³-hybridized carbons (Fsp3) is 0.194. The maximum atomic E-state index is 14.1. The smallest absolute Gasteiger partial charge is 0.281 e. The van der Waals surface area contributed by atoms with Crippen LogP contribution in [0.25, 0.3) is 28.0 Å². The molecule has 0 spiro atoms. The highest BCUT2D eigenvalue weighted by molar-refractivity contribution is 9.10. The molecule has 0 bridgehead atoms. The number of para-hydroxylation sites is 1. The zero-order chi connectivity index (χ0) is 25.5. The maximum absolute atomic E-state index is 14.1. The summed E-state index contributed by atoms with van der Waals surface area (Å²) in [6.45, 7) is 2.26. The largest absolute Gasteiger partial charge is 0.292 e. The lowest BCUT2D eigenvalue weighted by molar-refractivity contribution is 0.0966. The molecule has 0 amide bonds. The van der Waals surface area contributed by atoms with Gasteiger partial charge in [0.05, 0.1) is 16.8 Å². The molecule has 0 radical (unpaired) electrons. The minimum absolute atomic E-state index is 0.00564. The van der Waals surface area contributed by atoms with E-state index in [0.717, 1.165) is 46.1 Å². The van der Waals surface area contributed by atoms with Crippen LogP contribution in [-0.4, -0.2) is 20.1 Å². The van der Waals surface area contributed by atoms with Crippen molar-refractivity contribution in [3.8, 4) is 16.9 Å². The molecule has 3 aromatic carbocycles. The number of fused-ring (bicyclic) bond motifs is 3. The molecule has 6 rings (SSSR count). The number of carbonyl (C=O) groups excluding carboxylic acids is 1. The van der Waals surface area contributed by atoms with Gasteiger partial charge in [-0.15, -0.1) is 0 Å². The highest BCUT2D eigenvalue weighted by Crippen LogP contribution is 2.36. The molecule has 2 aromatic heterocycles. The van der Waals surface area contributed by atoms with Crippen molar-refractivity contribution in [1.29, 1.82) is 0 Å². The predicted octanol–water partition coefficient (Wildman–Crippen LogP) is 6.62. The third-order valence-corrected chi connectivity index (χ3v) is 7.76. The molecule has 6 heteroatoms. The summed E-state index contributed by atoms with van der Waals surface area (Å²) in [6.07, 6.45) is 2.73. The van der Waals surface area contributed by atoms with Gasteiger partial charge in [0, 0.05) is 15.6 Å². The monoisotopic (exact) mass is 551 g/mol. The van der Waals surface area contributed by atoms with Gasteiger partial charge in [-0.25, -0.2) is 9.67 Å². The van der Waals surface area contributed by atoms with Crippen molar-refractivity contribution in [1.82, 2.24) is 14.3 Å². The third-order valence-electron chi connectivity index (χ3n) is 7.23. The van der Waals surface area contributed by atoms with Crippen LogP contribution in [0.2, 0.25) is 0 Å². The van der Waals surface area contributed by atoms with Crippen molar-refractivity contribution >= 4 is 32.7 Å². The van der Waals surface area contributed by atoms with Crippen molar-refractivity contribution in [2.45, 2.75) is 32.7 Å². The summed E-state index contributed by atoms with van der Waals surface area (Å²) in [5.74, 6) is 0.440. The number of nitrogens with zero attached hydrogens (tertiary/aromatic N) is 3. The van der Waals surface area contributed by atoms with Crippen LogP contribution >= 0.6 is 15.9 Å². The molecule has 184 valence electrons. The number of rotatable bonds is 5. The minimum atomic E-state index is -0.122. The van der Waals surface area contributed by atoms with E-state index in [2.05, 4.69) is 35.0 Å². The van der Waals surface area contributed by atoms with E-state index < -0.39 is 0 Å². The lowest BCUT2D eigenvalue weighted by Crippen LogP contribution is -2.24. The summed E-state index contributed by atoms with van der Waals surface area (Å²) in [5.41, 5.74) is 5.91. The molecule has 0 fully saturated rings. The molecule has 5 aromatic rings. The molecule has 1 aliphatic rings. The summed E-state index contributed by atoms with van der Waals surface area (Å²) in [7, 11) is 0. The molecule has 2 heterocycles. The molecule has 1 atom stereocenters. The van der Waals surface area contributed by atoms with Gasteiger partial charge in [0.15, 0.2) is 11.4 Å². The summed E-state index contributed by atoms with van der Waals surface area (Å²) in [4.78, 5) is 32.7. The molecule has 0 unspecified atom stereocenters. The zero-order valence-corrected chi connectivity index (χ0v) is 22.1. The van der Waals surface area contributed by atoms with Crippen LogP contribution in [0.4, 0.5) is 0 Å². The van der Waals surface area contributed by atoms with Crippen LogP contribution in [0.5, 0.6) is 0 Å². The van der Waals surface area contributed by atoms with E-state index in [1.165, 1.54) is 0 Å². The van der Waals surface area contributed by atoms with Gasteiger partial charge in [-0.05, 0) is 60.6 Å². The fourth-order valence-corrected chi connectivity index (χ4v) is 5.65. The number of hydrogen-bond donors (Lipinski definition) is 0. The highest BCUT2D eigenvalue weighted by Gasteiger charge is 2.28.